The Morgan fingerprint density at radius 1 is 1.20 bits per heavy atom. The number of anilines is 1. The standard InChI is InChI=1S/C17H19FN2O4S/c1-12-7-8-15(16(9-12)25(22,23)20(2)3)24-11-17(21)19-14-6-4-5-13(18)10-14/h4-10H,11H2,1-3H3,(H,19,21). The summed E-state index contributed by atoms with van der Waals surface area (Å²) in [5.74, 6) is -0.926. The molecule has 134 valence electrons. The second-order valence-corrected chi connectivity index (χ2v) is 7.71. The predicted octanol–water partition coefficient (Wildman–Crippen LogP) is 2.40. The SMILES string of the molecule is Cc1ccc(OCC(=O)Nc2cccc(F)c2)c(S(=O)(=O)N(C)C)c1. The Morgan fingerprint density at radius 2 is 1.92 bits per heavy atom. The van der Waals surface area contributed by atoms with Crippen molar-refractivity contribution in [1.82, 2.24) is 4.31 Å². The zero-order valence-corrected chi connectivity index (χ0v) is 14.9. The summed E-state index contributed by atoms with van der Waals surface area (Å²) >= 11 is 0. The zero-order chi connectivity index (χ0) is 18.6. The van der Waals surface area contributed by atoms with Crippen LogP contribution in [0.3, 0.4) is 0 Å². The first-order chi connectivity index (χ1) is 11.7. The fourth-order valence-corrected chi connectivity index (χ4v) is 3.15. The highest BCUT2D eigenvalue weighted by Crippen LogP contribution is 2.27. The Kier molecular flexibility index (Phi) is 5.76. The fourth-order valence-electron chi connectivity index (χ4n) is 2.04. The van der Waals surface area contributed by atoms with Crippen molar-refractivity contribution in [3.8, 4) is 5.75 Å². The first-order valence-electron chi connectivity index (χ1n) is 7.41. The van der Waals surface area contributed by atoms with Gasteiger partial charge in [-0.05, 0) is 42.8 Å². The molecule has 1 N–H and O–H groups in total. The quantitative estimate of drug-likeness (QED) is 0.852. The van der Waals surface area contributed by atoms with Gasteiger partial charge in [0.2, 0.25) is 10.0 Å². The van der Waals surface area contributed by atoms with E-state index in [0.717, 1.165) is 9.87 Å². The van der Waals surface area contributed by atoms with Crippen molar-refractivity contribution in [2.75, 3.05) is 26.0 Å². The molecule has 0 aliphatic heterocycles. The van der Waals surface area contributed by atoms with E-state index in [1.807, 2.05) is 0 Å². The molecule has 6 nitrogen and oxygen atoms in total. The van der Waals surface area contributed by atoms with Gasteiger partial charge in [0, 0.05) is 19.8 Å². The van der Waals surface area contributed by atoms with Crippen LogP contribution in [0.1, 0.15) is 5.56 Å². The minimum atomic E-state index is -3.72. The molecule has 0 atom stereocenters. The molecule has 2 aromatic carbocycles. The Bertz CT molecular complexity index is 882. The molecule has 0 fully saturated rings. The van der Waals surface area contributed by atoms with Crippen LogP contribution in [0.5, 0.6) is 5.75 Å². The smallest absolute Gasteiger partial charge is 0.262 e. The maximum absolute atomic E-state index is 13.1. The molecule has 0 aliphatic carbocycles. The number of hydrogen-bond acceptors (Lipinski definition) is 4. The molecule has 0 radical (unpaired) electrons. The molecule has 0 aromatic heterocycles. The first-order valence-corrected chi connectivity index (χ1v) is 8.85. The summed E-state index contributed by atoms with van der Waals surface area (Å²) in [5.41, 5.74) is 1.04. The molecule has 8 heteroatoms. The number of carbonyl (C=O) groups is 1. The van der Waals surface area contributed by atoms with E-state index >= 15 is 0 Å². The Morgan fingerprint density at radius 3 is 2.56 bits per heavy atom. The van der Waals surface area contributed by atoms with Gasteiger partial charge in [-0.1, -0.05) is 12.1 Å². The highest BCUT2D eigenvalue weighted by Gasteiger charge is 2.23. The van der Waals surface area contributed by atoms with Gasteiger partial charge in [-0.3, -0.25) is 4.79 Å². The molecule has 0 aliphatic rings. The molecular formula is C17H19FN2O4S. The van der Waals surface area contributed by atoms with Crippen LogP contribution in [0, 0.1) is 12.7 Å². The predicted molar refractivity (Wildman–Crippen MR) is 92.6 cm³/mol. The maximum Gasteiger partial charge on any atom is 0.262 e. The number of carbonyl (C=O) groups excluding carboxylic acids is 1. The van der Waals surface area contributed by atoms with Crippen LogP contribution >= 0.6 is 0 Å². The van der Waals surface area contributed by atoms with E-state index in [2.05, 4.69) is 5.32 Å². The molecule has 2 rings (SSSR count). The number of hydrogen-bond donors (Lipinski definition) is 1. The number of halogens is 1. The zero-order valence-electron chi connectivity index (χ0n) is 14.1. The Labute approximate surface area is 146 Å². The lowest BCUT2D eigenvalue weighted by Gasteiger charge is -2.16. The second-order valence-electron chi connectivity index (χ2n) is 5.58. The number of benzene rings is 2. The van der Waals surface area contributed by atoms with E-state index in [1.165, 1.54) is 50.5 Å². The van der Waals surface area contributed by atoms with Crippen LogP contribution in [-0.2, 0) is 14.8 Å². The van der Waals surface area contributed by atoms with Gasteiger partial charge in [-0.2, -0.15) is 0 Å². The molecule has 0 spiro atoms. The van der Waals surface area contributed by atoms with Crippen molar-refractivity contribution in [1.29, 1.82) is 0 Å². The van der Waals surface area contributed by atoms with Crippen molar-refractivity contribution in [3.05, 3.63) is 53.8 Å². The fraction of sp³-hybridized carbons (Fsp3) is 0.235. The molecule has 25 heavy (non-hydrogen) atoms. The number of nitrogens with one attached hydrogen (secondary N) is 1. The van der Waals surface area contributed by atoms with Gasteiger partial charge < -0.3 is 10.1 Å². The monoisotopic (exact) mass is 366 g/mol. The number of aryl methyl sites for hydroxylation is 1. The molecule has 2 aromatic rings. The summed E-state index contributed by atoms with van der Waals surface area (Å²) in [4.78, 5) is 11.9. The van der Waals surface area contributed by atoms with Crippen molar-refractivity contribution >= 4 is 21.6 Å². The summed E-state index contributed by atoms with van der Waals surface area (Å²) in [6, 6.07) is 10.1. The Hall–Kier alpha value is -2.45. The van der Waals surface area contributed by atoms with Crippen molar-refractivity contribution in [2.24, 2.45) is 0 Å². The van der Waals surface area contributed by atoms with Crippen LogP contribution in [-0.4, -0.2) is 39.3 Å². The molecule has 0 bridgehead atoms. The number of amides is 1. The second kappa shape index (κ2) is 7.62. The highest BCUT2D eigenvalue weighted by molar-refractivity contribution is 7.89. The minimum Gasteiger partial charge on any atom is -0.482 e. The van der Waals surface area contributed by atoms with Gasteiger partial charge >= 0.3 is 0 Å². The third-order valence-corrected chi connectivity index (χ3v) is 5.16. The molecule has 0 saturated carbocycles. The van der Waals surface area contributed by atoms with E-state index < -0.39 is 28.4 Å². The van der Waals surface area contributed by atoms with Gasteiger partial charge in [-0.25, -0.2) is 17.1 Å². The van der Waals surface area contributed by atoms with Crippen LogP contribution in [0.25, 0.3) is 0 Å². The molecule has 0 saturated heterocycles. The lowest BCUT2D eigenvalue weighted by atomic mass is 10.2. The lowest BCUT2D eigenvalue weighted by molar-refractivity contribution is -0.118. The summed E-state index contributed by atoms with van der Waals surface area (Å²) in [5, 5.41) is 2.48. The van der Waals surface area contributed by atoms with Gasteiger partial charge in [-0.15, -0.1) is 0 Å². The van der Waals surface area contributed by atoms with Crippen LogP contribution in [0.2, 0.25) is 0 Å². The summed E-state index contributed by atoms with van der Waals surface area (Å²) in [7, 11) is -0.886. The first kappa shape index (κ1) is 18.9. The Balaban J connectivity index is 2.14. The molecule has 1 amide bonds. The van der Waals surface area contributed by atoms with Gasteiger partial charge in [0.15, 0.2) is 6.61 Å². The van der Waals surface area contributed by atoms with E-state index in [4.69, 9.17) is 4.74 Å². The minimum absolute atomic E-state index is 0.0175. The summed E-state index contributed by atoms with van der Waals surface area (Å²) < 4.78 is 44.3. The number of sulfonamides is 1. The van der Waals surface area contributed by atoms with Crippen LogP contribution < -0.4 is 10.1 Å². The third kappa shape index (κ3) is 4.77. The highest BCUT2D eigenvalue weighted by atomic mass is 32.2. The molecule has 0 heterocycles. The van der Waals surface area contributed by atoms with Crippen molar-refractivity contribution in [2.45, 2.75) is 11.8 Å². The van der Waals surface area contributed by atoms with Crippen LogP contribution in [0.4, 0.5) is 10.1 Å². The number of nitrogens with zero attached hydrogens (tertiary/aromatic N) is 1. The van der Waals surface area contributed by atoms with Crippen molar-refractivity contribution < 1.29 is 22.3 Å². The van der Waals surface area contributed by atoms with Crippen molar-refractivity contribution in [3.63, 3.8) is 0 Å². The topological polar surface area (TPSA) is 75.7 Å². The van der Waals surface area contributed by atoms with E-state index in [-0.39, 0.29) is 10.6 Å². The normalized spacial score (nSPS) is 11.4. The number of rotatable bonds is 6. The van der Waals surface area contributed by atoms with Gasteiger partial charge in [0.25, 0.3) is 5.91 Å². The van der Waals surface area contributed by atoms with Crippen LogP contribution in [0.15, 0.2) is 47.4 Å². The van der Waals surface area contributed by atoms with E-state index in [0.29, 0.717) is 5.69 Å². The molecule has 0 unspecified atom stereocenters. The third-order valence-electron chi connectivity index (χ3n) is 3.32. The van der Waals surface area contributed by atoms with E-state index in [9.17, 15) is 17.6 Å². The average molecular weight is 366 g/mol. The van der Waals surface area contributed by atoms with E-state index in [1.54, 1.807) is 13.0 Å². The lowest BCUT2D eigenvalue weighted by Crippen LogP contribution is -2.24. The molecular weight excluding hydrogens is 347 g/mol. The average Bonchev–Trinajstić information content (AvgIpc) is 2.53. The largest absolute Gasteiger partial charge is 0.482 e. The summed E-state index contributed by atoms with van der Waals surface area (Å²) in [6.45, 7) is 1.35. The van der Waals surface area contributed by atoms with Gasteiger partial charge in [0.05, 0.1) is 0 Å². The summed E-state index contributed by atoms with van der Waals surface area (Å²) in [6.07, 6.45) is 0. The number of ether oxygens (including phenoxy) is 1. The maximum atomic E-state index is 13.1. The van der Waals surface area contributed by atoms with Gasteiger partial charge in [0.1, 0.15) is 16.5 Å².